The number of ether oxygens (including phenoxy) is 1. The first kappa shape index (κ1) is 12.1. The molecule has 92 valence electrons. The topological polar surface area (TPSA) is 59.4 Å². The monoisotopic (exact) mass is 243 g/mol. The minimum Gasteiger partial charge on any atom is -0.479 e. The van der Waals surface area contributed by atoms with E-state index in [1.165, 1.54) is 6.92 Å². The van der Waals surface area contributed by atoms with Gasteiger partial charge in [-0.15, -0.1) is 0 Å². The number of aromatic nitrogens is 1. The van der Waals surface area contributed by atoms with Crippen molar-refractivity contribution in [1.29, 1.82) is 0 Å². The highest BCUT2D eigenvalue weighted by atomic mass is 16.5. The SMILES string of the molecule is CC(Oc1cc(-c2ccccc2)ccn1)C(=O)O. The lowest BCUT2D eigenvalue weighted by Gasteiger charge is -2.10. The molecule has 0 amide bonds. The maximum Gasteiger partial charge on any atom is 0.344 e. The van der Waals surface area contributed by atoms with Crippen LogP contribution in [-0.4, -0.2) is 22.2 Å². The normalized spacial score (nSPS) is 11.8. The predicted octanol–water partition coefficient (Wildman–Crippen LogP) is 2.60. The van der Waals surface area contributed by atoms with E-state index in [1.807, 2.05) is 36.4 Å². The van der Waals surface area contributed by atoms with Crippen molar-refractivity contribution in [2.24, 2.45) is 0 Å². The van der Waals surface area contributed by atoms with Crippen molar-refractivity contribution in [1.82, 2.24) is 4.98 Å². The Bertz CT molecular complexity index is 540. The van der Waals surface area contributed by atoms with Crippen LogP contribution >= 0.6 is 0 Å². The van der Waals surface area contributed by atoms with E-state index in [9.17, 15) is 4.79 Å². The first-order valence-corrected chi connectivity index (χ1v) is 5.58. The molecule has 0 saturated heterocycles. The van der Waals surface area contributed by atoms with Gasteiger partial charge in [0.15, 0.2) is 6.10 Å². The number of carboxylic acids is 1. The lowest BCUT2D eigenvalue weighted by atomic mass is 10.1. The van der Waals surface area contributed by atoms with Crippen LogP contribution in [0.5, 0.6) is 5.88 Å². The van der Waals surface area contributed by atoms with Crippen LogP contribution in [0.25, 0.3) is 11.1 Å². The molecule has 0 saturated carbocycles. The van der Waals surface area contributed by atoms with Crippen LogP contribution in [-0.2, 0) is 4.79 Å². The lowest BCUT2D eigenvalue weighted by Crippen LogP contribution is -2.23. The molecule has 4 heteroatoms. The van der Waals surface area contributed by atoms with Gasteiger partial charge < -0.3 is 9.84 Å². The third-order valence-corrected chi connectivity index (χ3v) is 2.49. The molecule has 1 atom stereocenters. The molecule has 0 fully saturated rings. The highest BCUT2D eigenvalue weighted by Gasteiger charge is 2.13. The minimum atomic E-state index is -1.01. The van der Waals surface area contributed by atoms with E-state index in [0.29, 0.717) is 5.88 Å². The van der Waals surface area contributed by atoms with Crippen molar-refractivity contribution < 1.29 is 14.6 Å². The predicted molar refractivity (Wildman–Crippen MR) is 67.4 cm³/mol. The summed E-state index contributed by atoms with van der Waals surface area (Å²) in [6.07, 6.45) is 0.690. The molecule has 4 nitrogen and oxygen atoms in total. The van der Waals surface area contributed by atoms with Gasteiger partial charge in [-0.3, -0.25) is 0 Å². The Morgan fingerprint density at radius 3 is 2.61 bits per heavy atom. The van der Waals surface area contributed by atoms with Gasteiger partial charge in [0.1, 0.15) is 0 Å². The van der Waals surface area contributed by atoms with Gasteiger partial charge in [0.05, 0.1) is 0 Å². The summed E-state index contributed by atoms with van der Waals surface area (Å²) in [5, 5.41) is 8.78. The Kier molecular flexibility index (Phi) is 3.57. The summed E-state index contributed by atoms with van der Waals surface area (Å²) in [6.45, 7) is 1.47. The number of rotatable bonds is 4. The second-order valence-corrected chi connectivity index (χ2v) is 3.85. The number of hydrogen-bond donors (Lipinski definition) is 1. The van der Waals surface area contributed by atoms with Crippen molar-refractivity contribution >= 4 is 5.97 Å². The Morgan fingerprint density at radius 1 is 1.22 bits per heavy atom. The molecule has 1 aromatic heterocycles. The number of carbonyl (C=O) groups is 1. The molecule has 2 aromatic rings. The van der Waals surface area contributed by atoms with E-state index < -0.39 is 12.1 Å². The van der Waals surface area contributed by atoms with E-state index in [1.54, 1.807) is 12.3 Å². The van der Waals surface area contributed by atoms with Crippen LogP contribution in [0.4, 0.5) is 0 Å². The summed E-state index contributed by atoms with van der Waals surface area (Å²) in [5.41, 5.74) is 1.98. The zero-order valence-corrected chi connectivity index (χ0v) is 9.91. The molecular formula is C14H13NO3. The van der Waals surface area contributed by atoms with Crippen molar-refractivity contribution in [2.75, 3.05) is 0 Å². The number of aliphatic carboxylic acids is 1. The number of carboxylic acid groups (broad SMARTS) is 1. The molecule has 0 aliphatic carbocycles. The first-order chi connectivity index (χ1) is 8.66. The van der Waals surface area contributed by atoms with E-state index in [4.69, 9.17) is 9.84 Å². The summed E-state index contributed by atoms with van der Waals surface area (Å²) in [6, 6.07) is 13.4. The van der Waals surface area contributed by atoms with Crippen molar-refractivity contribution in [3.05, 3.63) is 48.7 Å². The molecule has 1 heterocycles. The van der Waals surface area contributed by atoms with Gasteiger partial charge >= 0.3 is 5.97 Å². The molecule has 0 aliphatic heterocycles. The second-order valence-electron chi connectivity index (χ2n) is 3.85. The van der Waals surface area contributed by atoms with Gasteiger partial charge in [-0.1, -0.05) is 30.3 Å². The fourth-order valence-electron chi connectivity index (χ4n) is 1.52. The Labute approximate surface area is 105 Å². The first-order valence-electron chi connectivity index (χ1n) is 5.58. The average Bonchev–Trinajstić information content (AvgIpc) is 2.40. The molecule has 1 N–H and O–H groups in total. The molecule has 0 aliphatic rings. The Hall–Kier alpha value is -2.36. The van der Waals surface area contributed by atoms with Crippen LogP contribution in [0.1, 0.15) is 6.92 Å². The van der Waals surface area contributed by atoms with Crippen LogP contribution < -0.4 is 4.74 Å². The van der Waals surface area contributed by atoms with E-state index in [-0.39, 0.29) is 0 Å². The van der Waals surface area contributed by atoms with E-state index in [2.05, 4.69) is 4.98 Å². The van der Waals surface area contributed by atoms with Crippen molar-refractivity contribution in [3.63, 3.8) is 0 Å². The zero-order valence-electron chi connectivity index (χ0n) is 9.91. The van der Waals surface area contributed by atoms with E-state index in [0.717, 1.165) is 11.1 Å². The van der Waals surface area contributed by atoms with Gasteiger partial charge in [0.2, 0.25) is 5.88 Å². The maximum atomic E-state index is 10.7. The smallest absolute Gasteiger partial charge is 0.344 e. The number of pyridine rings is 1. The molecular weight excluding hydrogens is 230 g/mol. The van der Waals surface area contributed by atoms with Gasteiger partial charge in [0, 0.05) is 12.3 Å². The van der Waals surface area contributed by atoms with Crippen LogP contribution in [0, 0.1) is 0 Å². The molecule has 2 rings (SSSR count). The summed E-state index contributed by atoms with van der Waals surface area (Å²) in [4.78, 5) is 14.7. The number of benzene rings is 1. The van der Waals surface area contributed by atoms with Gasteiger partial charge in [-0.2, -0.15) is 0 Å². The second kappa shape index (κ2) is 5.31. The molecule has 0 spiro atoms. The average molecular weight is 243 g/mol. The zero-order chi connectivity index (χ0) is 13.0. The summed E-state index contributed by atoms with van der Waals surface area (Å²) < 4.78 is 5.23. The van der Waals surface area contributed by atoms with Crippen LogP contribution in [0.3, 0.4) is 0 Å². The van der Waals surface area contributed by atoms with Crippen molar-refractivity contribution in [3.8, 4) is 17.0 Å². The highest BCUT2D eigenvalue weighted by Crippen LogP contribution is 2.22. The summed E-state index contributed by atoms with van der Waals surface area (Å²) >= 11 is 0. The third-order valence-electron chi connectivity index (χ3n) is 2.49. The van der Waals surface area contributed by atoms with Gasteiger partial charge in [0.25, 0.3) is 0 Å². The Balaban J connectivity index is 2.23. The third kappa shape index (κ3) is 2.85. The fraction of sp³-hybridized carbons (Fsp3) is 0.143. The molecule has 1 unspecified atom stereocenters. The van der Waals surface area contributed by atoms with Crippen LogP contribution in [0.15, 0.2) is 48.7 Å². The number of hydrogen-bond acceptors (Lipinski definition) is 3. The van der Waals surface area contributed by atoms with Crippen LogP contribution in [0.2, 0.25) is 0 Å². The molecule has 0 radical (unpaired) electrons. The lowest BCUT2D eigenvalue weighted by molar-refractivity contribution is -0.144. The Morgan fingerprint density at radius 2 is 1.94 bits per heavy atom. The molecule has 0 bridgehead atoms. The summed E-state index contributed by atoms with van der Waals surface area (Å²) in [7, 11) is 0. The largest absolute Gasteiger partial charge is 0.479 e. The highest BCUT2D eigenvalue weighted by molar-refractivity contribution is 5.72. The summed E-state index contributed by atoms with van der Waals surface area (Å²) in [5.74, 6) is -0.701. The molecule has 1 aromatic carbocycles. The van der Waals surface area contributed by atoms with Gasteiger partial charge in [-0.25, -0.2) is 9.78 Å². The van der Waals surface area contributed by atoms with Crippen molar-refractivity contribution in [2.45, 2.75) is 13.0 Å². The van der Waals surface area contributed by atoms with Gasteiger partial charge in [-0.05, 0) is 24.1 Å². The fourth-order valence-corrected chi connectivity index (χ4v) is 1.52. The maximum absolute atomic E-state index is 10.7. The quantitative estimate of drug-likeness (QED) is 0.896. The number of nitrogens with zero attached hydrogens (tertiary/aromatic N) is 1. The van der Waals surface area contributed by atoms with E-state index >= 15 is 0 Å². The minimum absolute atomic E-state index is 0.311. The molecule has 18 heavy (non-hydrogen) atoms. The standard InChI is InChI=1S/C14H13NO3/c1-10(14(16)17)18-13-9-12(7-8-15-13)11-5-3-2-4-6-11/h2-10H,1H3,(H,16,17).